The fourth-order valence-electron chi connectivity index (χ4n) is 2.09. The summed E-state index contributed by atoms with van der Waals surface area (Å²) in [6.45, 7) is -0.639. The van der Waals surface area contributed by atoms with Crippen LogP contribution in [0.5, 0.6) is 0 Å². The van der Waals surface area contributed by atoms with Gasteiger partial charge in [-0.25, -0.2) is 18.4 Å². The number of sulfonamides is 1. The maximum absolute atomic E-state index is 11.8. The Morgan fingerprint density at radius 3 is 2.57 bits per heavy atom. The summed E-state index contributed by atoms with van der Waals surface area (Å²) in [5, 5.41) is 18.3. The van der Waals surface area contributed by atoms with Crippen LogP contribution >= 0.6 is 0 Å². The van der Waals surface area contributed by atoms with E-state index >= 15 is 0 Å². The molecule has 3 N–H and O–H groups in total. The number of hydrogen-bond acceptors (Lipinski definition) is 7. The van der Waals surface area contributed by atoms with Crippen molar-refractivity contribution in [2.45, 2.75) is 4.90 Å². The highest BCUT2D eigenvalue weighted by atomic mass is 32.2. The molecule has 2 rings (SSSR count). The minimum atomic E-state index is -3.92. The SMILES string of the molecule is NS(=O)(=O)c1cccc(NC(=O)COC(=O)/C=C/c2ccccc2[N+](=O)[O-])c1. The molecule has 0 saturated carbocycles. The van der Waals surface area contributed by atoms with Crippen molar-refractivity contribution in [1.29, 1.82) is 0 Å². The predicted octanol–water partition coefficient (Wildman–Crippen LogP) is 1.44. The first-order valence-corrected chi connectivity index (χ1v) is 9.22. The van der Waals surface area contributed by atoms with Gasteiger partial charge >= 0.3 is 5.97 Å². The van der Waals surface area contributed by atoms with Crippen LogP contribution in [0.25, 0.3) is 6.08 Å². The second-order valence-corrected chi connectivity index (χ2v) is 6.94. The number of amides is 1. The highest BCUT2D eigenvalue weighted by molar-refractivity contribution is 7.89. The number of carbonyl (C=O) groups is 2. The van der Waals surface area contributed by atoms with E-state index in [1.165, 1.54) is 42.5 Å². The molecule has 0 unspecified atom stereocenters. The molecule has 28 heavy (non-hydrogen) atoms. The maximum atomic E-state index is 11.8. The van der Waals surface area contributed by atoms with E-state index in [0.29, 0.717) is 0 Å². The molecule has 1 amide bonds. The molecule has 2 aromatic carbocycles. The summed E-state index contributed by atoms with van der Waals surface area (Å²) in [4.78, 5) is 33.6. The Bertz CT molecular complexity index is 1050. The van der Waals surface area contributed by atoms with Crippen LogP contribution in [0.4, 0.5) is 11.4 Å². The molecular weight excluding hydrogens is 390 g/mol. The van der Waals surface area contributed by atoms with E-state index in [-0.39, 0.29) is 21.8 Å². The Morgan fingerprint density at radius 2 is 1.89 bits per heavy atom. The predicted molar refractivity (Wildman–Crippen MR) is 99.5 cm³/mol. The van der Waals surface area contributed by atoms with Gasteiger partial charge in [-0.1, -0.05) is 18.2 Å². The van der Waals surface area contributed by atoms with Crippen LogP contribution < -0.4 is 10.5 Å². The van der Waals surface area contributed by atoms with Crippen LogP contribution in [0, 0.1) is 10.1 Å². The van der Waals surface area contributed by atoms with E-state index < -0.39 is 33.4 Å². The molecule has 0 aliphatic rings. The van der Waals surface area contributed by atoms with Gasteiger partial charge in [-0.05, 0) is 30.3 Å². The number of primary sulfonamides is 1. The molecule has 0 saturated heterocycles. The van der Waals surface area contributed by atoms with Crippen molar-refractivity contribution in [3.63, 3.8) is 0 Å². The number of nitrogens with zero attached hydrogens (tertiary/aromatic N) is 1. The van der Waals surface area contributed by atoms with Crippen LogP contribution in [0.1, 0.15) is 5.56 Å². The summed E-state index contributed by atoms with van der Waals surface area (Å²) in [7, 11) is -3.92. The highest BCUT2D eigenvalue weighted by Gasteiger charge is 2.12. The molecule has 0 atom stereocenters. The number of nitrogens with one attached hydrogen (secondary N) is 1. The molecule has 0 aromatic heterocycles. The molecule has 0 bridgehead atoms. The smallest absolute Gasteiger partial charge is 0.331 e. The number of hydrogen-bond donors (Lipinski definition) is 2. The Morgan fingerprint density at radius 1 is 1.18 bits per heavy atom. The van der Waals surface area contributed by atoms with Gasteiger partial charge < -0.3 is 10.1 Å². The van der Waals surface area contributed by atoms with E-state index in [2.05, 4.69) is 5.32 Å². The minimum absolute atomic E-state index is 0.156. The summed E-state index contributed by atoms with van der Waals surface area (Å²) in [6.07, 6.45) is 2.16. The van der Waals surface area contributed by atoms with Gasteiger partial charge in [-0.15, -0.1) is 0 Å². The summed E-state index contributed by atoms with van der Waals surface area (Å²) >= 11 is 0. The third kappa shape index (κ3) is 6.00. The van der Waals surface area contributed by atoms with E-state index in [0.717, 1.165) is 12.1 Å². The summed E-state index contributed by atoms with van der Waals surface area (Å²) < 4.78 is 27.3. The quantitative estimate of drug-likeness (QED) is 0.305. The van der Waals surface area contributed by atoms with Crippen molar-refractivity contribution in [3.05, 3.63) is 70.3 Å². The highest BCUT2D eigenvalue weighted by Crippen LogP contribution is 2.19. The molecule has 10 nitrogen and oxygen atoms in total. The lowest BCUT2D eigenvalue weighted by molar-refractivity contribution is -0.385. The van der Waals surface area contributed by atoms with Crippen LogP contribution in [-0.2, 0) is 24.3 Å². The average molecular weight is 405 g/mol. The van der Waals surface area contributed by atoms with E-state index in [1.54, 1.807) is 6.07 Å². The largest absolute Gasteiger partial charge is 0.452 e. The van der Waals surface area contributed by atoms with E-state index in [1.807, 2.05) is 0 Å². The fourth-order valence-corrected chi connectivity index (χ4v) is 2.64. The number of nitrogens with two attached hydrogens (primary N) is 1. The summed E-state index contributed by atoms with van der Waals surface area (Å²) in [5.74, 6) is -1.59. The fraction of sp³-hybridized carbons (Fsp3) is 0.0588. The number of carbonyl (C=O) groups excluding carboxylic acids is 2. The normalized spacial score (nSPS) is 11.2. The van der Waals surface area contributed by atoms with Crippen molar-refractivity contribution < 1.29 is 27.7 Å². The zero-order valence-corrected chi connectivity index (χ0v) is 15.1. The van der Waals surface area contributed by atoms with Gasteiger partial charge in [0.1, 0.15) is 0 Å². The van der Waals surface area contributed by atoms with E-state index in [9.17, 15) is 28.1 Å². The van der Waals surface area contributed by atoms with Gasteiger partial charge in [-0.3, -0.25) is 14.9 Å². The number of esters is 1. The number of nitro benzene ring substituents is 1. The lowest BCUT2D eigenvalue weighted by atomic mass is 10.1. The third-order valence-corrected chi connectivity index (χ3v) is 4.24. The van der Waals surface area contributed by atoms with Crippen molar-refractivity contribution in [1.82, 2.24) is 0 Å². The Kier molecular flexibility index (Phi) is 6.58. The molecule has 146 valence electrons. The number of nitro groups is 1. The average Bonchev–Trinajstić information content (AvgIpc) is 2.64. The topological polar surface area (TPSA) is 159 Å². The number of ether oxygens (including phenoxy) is 1. The second-order valence-electron chi connectivity index (χ2n) is 5.38. The van der Waals surface area contributed by atoms with Crippen molar-refractivity contribution in [2.24, 2.45) is 5.14 Å². The zero-order valence-electron chi connectivity index (χ0n) is 14.3. The van der Waals surface area contributed by atoms with Crippen molar-refractivity contribution in [3.8, 4) is 0 Å². The number of para-hydroxylation sites is 1. The first-order valence-electron chi connectivity index (χ1n) is 7.68. The van der Waals surface area contributed by atoms with Crippen molar-refractivity contribution >= 4 is 39.4 Å². The summed E-state index contributed by atoms with van der Waals surface area (Å²) in [6, 6.07) is 11.0. The standard InChI is InChI=1S/C17H15N3O7S/c18-28(25,26)14-6-3-5-13(10-14)19-16(21)11-27-17(22)9-8-12-4-1-2-7-15(12)20(23)24/h1-10H,11H2,(H,19,21)(H2,18,25,26)/b9-8+. The lowest BCUT2D eigenvalue weighted by Gasteiger charge is -2.06. The Balaban J connectivity index is 1.93. The summed E-state index contributed by atoms with van der Waals surface area (Å²) in [5.41, 5.74) is 0.177. The molecule has 0 radical (unpaired) electrons. The maximum Gasteiger partial charge on any atom is 0.331 e. The third-order valence-electron chi connectivity index (χ3n) is 3.32. The molecule has 0 spiro atoms. The minimum Gasteiger partial charge on any atom is -0.452 e. The van der Waals surface area contributed by atoms with Gasteiger partial charge in [0.2, 0.25) is 10.0 Å². The van der Waals surface area contributed by atoms with Gasteiger partial charge in [-0.2, -0.15) is 0 Å². The van der Waals surface area contributed by atoms with Gasteiger partial charge in [0, 0.05) is 17.8 Å². The molecule has 0 aliphatic carbocycles. The van der Waals surface area contributed by atoms with Crippen LogP contribution in [0.3, 0.4) is 0 Å². The zero-order chi connectivity index (χ0) is 20.7. The van der Waals surface area contributed by atoms with Gasteiger partial charge in [0.05, 0.1) is 15.4 Å². The molecule has 0 aliphatic heterocycles. The first kappa shape index (κ1) is 20.7. The monoisotopic (exact) mass is 405 g/mol. The van der Waals surface area contributed by atoms with Crippen molar-refractivity contribution in [2.75, 3.05) is 11.9 Å². The lowest BCUT2D eigenvalue weighted by Crippen LogP contribution is -2.20. The molecular formula is C17H15N3O7S. The molecule has 2 aromatic rings. The number of anilines is 1. The van der Waals surface area contributed by atoms with Crippen LogP contribution in [-0.4, -0.2) is 31.8 Å². The van der Waals surface area contributed by atoms with Gasteiger partial charge in [0.25, 0.3) is 11.6 Å². The van der Waals surface area contributed by atoms with Crippen LogP contribution in [0.2, 0.25) is 0 Å². The van der Waals surface area contributed by atoms with Crippen LogP contribution in [0.15, 0.2) is 59.5 Å². The molecule has 0 fully saturated rings. The Hall–Kier alpha value is -3.57. The molecule has 11 heteroatoms. The number of benzene rings is 2. The molecule has 0 heterocycles. The first-order chi connectivity index (χ1) is 13.2. The second kappa shape index (κ2) is 8.88. The van der Waals surface area contributed by atoms with E-state index in [4.69, 9.17) is 9.88 Å². The Labute approximate surface area is 159 Å². The van der Waals surface area contributed by atoms with Gasteiger partial charge in [0.15, 0.2) is 6.61 Å². The number of rotatable bonds is 7.